The zero-order chi connectivity index (χ0) is 26.7. The van der Waals surface area contributed by atoms with Gasteiger partial charge in [-0.25, -0.2) is 0 Å². The van der Waals surface area contributed by atoms with Gasteiger partial charge in [-0.15, -0.1) is 0 Å². The van der Waals surface area contributed by atoms with E-state index in [-0.39, 0.29) is 17.0 Å². The number of aliphatic hydroxyl groups is 5. The van der Waals surface area contributed by atoms with Crippen LogP contribution in [-0.2, 0) is 6.54 Å². The van der Waals surface area contributed by atoms with Gasteiger partial charge in [-0.3, -0.25) is 9.59 Å². The quantitative estimate of drug-likeness (QED) is 0.229. The van der Waals surface area contributed by atoms with Gasteiger partial charge >= 0.3 is 0 Å². The smallest absolute Gasteiger partial charge is 0.251 e. The second-order valence-corrected chi connectivity index (χ2v) is 9.76. The summed E-state index contributed by atoms with van der Waals surface area (Å²) in [5, 5.41) is 51.5. The number of nitrogens with two attached hydrogens (primary N) is 1. The van der Waals surface area contributed by atoms with E-state index in [1.54, 1.807) is 24.3 Å². The first-order valence-corrected chi connectivity index (χ1v) is 11.9. The van der Waals surface area contributed by atoms with E-state index < -0.39 is 49.4 Å². The molecule has 10 nitrogen and oxygen atoms in total. The predicted molar refractivity (Wildman–Crippen MR) is 133 cm³/mol. The fraction of sp³-hybridized carbons (Fsp3) is 0.417. The summed E-state index contributed by atoms with van der Waals surface area (Å²) in [6.45, 7) is -0.147. The van der Waals surface area contributed by atoms with Gasteiger partial charge in [-0.1, -0.05) is 23.2 Å². The number of benzene rings is 2. The minimum Gasteiger partial charge on any atom is -0.394 e. The van der Waals surface area contributed by atoms with E-state index in [0.717, 1.165) is 11.1 Å². The van der Waals surface area contributed by atoms with Crippen LogP contribution in [-0.4, -0.2) is 93.4 Å². The zero-order valence-corrected chi connectivity index (χ0v) is 20.9. The van der Waals surface area contributed by atoms with Gasteiger partial charge in [-0.05, 0) is 54.1 Å². The summed E-state index contributed by atoms with van der Waals surface area (Å²) in [5.41, 5.74) is 8.09. The summed E-state index contributed by atoms with van der Waals surface area (Å²) in [7, 11) is 1.92. The highest BCUT2D eigenvalue weighted by Gasteiger charge is 2.31. The molecule has 1 heterocycles. The Balaban J connectivity index is 1.89. The second-order valence-electron chi connectivity index (χ2n) is 8.92. The maximum absolute atomic E-state index is 12.9. The number of nitrogens with zero attached hydrogens (tertiary/aromatic N) is 1. The molecule has 8 N–H and O–H groups in total. The third-order valence-electron chi connectivity index (χ3n) is 6.19. The summed E-state index contributed by atoms with van der Waals surface area (Å²) in [5.74, 6) is -1.68. The molecule has 0 spiro atoms. The van der Waals surface area contributed by atoms with Gasteiger partial charge in [-0.2, -0.15) is 0 Å². The van der Waals surface area contributed by atoms with Crippen LogP contribution in [0.5, 0.6) is 0 Å². The van der Waals surface area contributed by atoms with Gasteiger partial charge < -0.3 is 41.5 Å². The molecule has 36 heavy (non-hydrogen) atoms. The Kier molecular flexibility index (Phi) is 9.31. The minimum absolute atomic E-state index is 0.0850. The van der Waals surface area contributed by atoms with Crippen LogP contribution in [0.2, 0.25) is 10.0 Å². The molecule has 0 radical (unpaired) electrons. The fourth-order valence-electron chi connectivity index (χ4n) is 4.24. The van der Waals surface area contributed by atoms with Crippen molar-refractivity contribution in [3.63, 3.8) is 0 Å². The number of hydrogen-bond donors (Lipinski definition) is 7. The van der Waals surface area contributed by atoms with Crippen molar-refractivity contribution in [3.8, 4) is 0 Å². The molecular formula is C24H29Cl2N3O7. The molecule has 0 fully saturated rings. The third-order valence-corrected chi connectivity index (χ3v) is 6.75. The average molecular weight is 542 g/mol. The first kappa shape index (κ1) is 28.3. The van der Waals surface area contributed by atoms with Crippen molar-refractivity contribution in [1.29, 1.82) is 0 Å². The number of likely N-dealkylation sites (N-methyl/N-ethyl adjacent to an activating group) is 1. The number of fused-ring (bicyclic) bond motifs is 1. The van der Waals surface area contributed by atoms with E-state index in [1.165, 1.54) is 6.07 Å². The first-order chi connectivity index (χ1) is 16.9. The highest BCUT2D eigenvalue weighted by atomic mass is 35.5. The van der Waals surface area contributed by atoms with E-state index in [0.29, 0.717) is 28.7 Å². The lowest BCUT2D eigenvalue weighted by Gasteiger charge is -2.33. The van der Waals surface area contributed by atoms with Crippen molar-refractivity contribution in [1.82, 2.24) is 10.2 Å². The zero-order valence-electron chi connectivity index (χ0n) is 19.4. The average Bonchev–Trinajstić information content (AvgIpc) is 2.85. The molecular weight excluding hydrogens is 513 g/mol. The van der Waals surface area contributed by atoms with Gasteiger partial charge in [0.1, 0.15) is 18.3 Å². The lowest BCUT2D eigenvalue weighted by atomic mass is 9.83. The van der Waals surface area contributed by atoms with E-state index in [2.05, 4.69) is 5.32 Å². The Hall–Kier alpha value is -2.28. The summed E-state index contributed by atoms with van der Waals surface area (Å²) in [4.78, 5) is 27.0. The van der Waals surface area contributed by atoms with E-state index in [9.17, 15) is 30.0 Å². The van der Waals surface area contributed by atoms with Crippen molar-refractivity contribution in [2.45, 2.75) is 36.9 Å². The van der Waals surface area contributed by atoms with Crippen molar-refractivity contribution in [2.24, 2.45) is 5.73 Å². The standard InChI is InChI=1S/C24H29Cl2N3O7/c1-29-8-16(15-5-14(25)6-18(26)17(15)9-29)11-2-12(23(27)35)4-13(3-11)24(36)28-7-19(31)21(33)22(34)20(32)10-30/h2-6,16,19-22,30-34H,7-10H2,1H3,(H2,27,35)(H,28,36)/t16?,19-,20+,21+,22+/m0/s1. The maximum atomic E-state index is 12.9. The number of halogens is 2. The first-order valence-electron chi connectivity index (χ1n) is 11.1. The van der Waals surface area contributed by atoms with Crippen molar-refractivity contribution in [2.75, 3.05) is 26.7 Å². The Morgan fingerprint density at radius 2 is 1.69 bits per heavy atom. The number of hydrogen-bond acceptors (Lipinski definition) is 8. The molecule has 0 bridgehead atoms. The normalized spacial score (nSPS) is 19.2. The lowest BCUT2D eigenvalue weighted by molar-refractivity contribution is -0.113. The Morgan fingerprint density at radius 1 is 1.06 bits per heavy atom. The van der Waals surface area contributed by atoms with Crippen LogP contribution in [0.25, 0.3) is 0 Å². The number of aliphatic hydroxyl groups excluding tert-OH is 5. The number of amides is 2. The number of carbonyl (C=O) groups excluding carboxylic acids is 2. The molecule has 196 valence electrons. The Bertz CT molecular complexity index is 1130. The Morgan fingerprint density at radius 3 is 2.33 bits per heavy atom. The molecule has 2 amide bonds. The van der Waals surface area contributed by atoms with Crippen LogP contribution in [0.1, 0.15) is 43.3 Å². The van der Waals surface area contributed by atoms with E-state index in [1.807, 2.05) is 11.9 Å². The molecule has 1 aliphatic heterocycles. The van der Waals surface area contributed by atoms with Crippen LogP contribution >= 0.6 is 23.2 Å². The van der Waals surface area contributed by atoms with Crippen molar-refractivity contribution in [3.05, 3.63) is 68.2 Å². The predicted octanol–water partition coefficient (Wildman–Crippen LogP) is -0.165. The van der Waals surface area contributed by atoms with Gasteiger partial charge in [0.15, 0.2) is 0 Å². The molecule has 3 rings (SSSR count). The molecule has 1 unspecified atom stereocenters. The molecule has 12 heteroatoms. The second kappa shape index (κ2) is 11.8. The third kappa shape index (κ3) is 6.34. The number of carbonyl (C=O) groups is 2. The molecule has 5 atom stereocenters. The number of rotatable bonds is 9. The lowest BCUT2D eigenvalue weighted by Crippen LogP contribution is -2.49. The largest absolute Gasteiger partial charge is 0.394 e. The highest BCUT2D eigenvalue weighted by Crippen LogP contribution is 2.38. The highest BCUT2D eigenvalue weighted by molar-refractivity contribution is 6.35. The molecule has 0 saturated carbocycles. The molecule has 2 aromatic rings. The maximum Gasteiger partial charge on any atom is 0.251 e. The van der Waals surface area contributed by atoms with Crippen LogP contribution < -0.4 is 11.1 Å². The van der Waals surface area contributed by atoms with Crippen LogP contribution in [0.4, 0.5) is 0 Å². The molecule has 0 aliphatic carbocycles. The van der Waals surface area contributed by atoms with Gasteiger partial charge in [0.25, 0.3) is 5.91 Å². The number of nitrogens with one attached hydrogen (secondary N) is 1. The number of primary amides is 1. The van der Waals surface area contributed by atoms with Gasteiger partial charge in [0, 0.05) is 46.7 Å². The van der Waals surface area contributed by atoms with Crippen LogP contribution in [0.3, 0.4) is 0 Å². The minimum atomic E-state index is -1.83. The Labute approximate surface area is 217 Å². The van der Waals surface area contributed by atoms with Crippen LogP contribution in [0, 0.1) is 0 Å². The summed E-state index contributed by atoms with van der Waals surface area (Å²) < 4.78 is 0. The molecule has 1 aliphatic rings. The van der Waals surface area contributed by atoms with E-state index in [4.69, 9.17) is 34.0 Å². The van der Waals surface area contributed by atoms with E-state index >= 15 is 0 Å². The SMILES string of the molecule is CN1Cc2c(Cl)cc(Cl)cc2C(c2cc(C(N)=O)cc(C(=O)NC[C@H](O)[C@@H](O)[C@H](O)[C@H](O)CO)c2)C1. The summed E-state index contributed by atoms with van der Waals surface area (Å²) >= 11 is 12.7. The van der Waals surface area contributed by atoms with Crippen molar-refractivity contribution >= 4 is 35.0 Å². The monoisotopic (exact) mass is 541 g/mol. The summed E-state index contributed by atoms with van der Waals surface area (Å²) in [6, 6.07) is 7.98. The topological polar surface area (TPSA) is 177 Å². The molecule has 0 saturated heterocycles. The fourth-order valence-corrected chi connectivity index (χ4v) is 4.81. The molecule has 2 aromatic carbocycles. The van der Waals surface area contributed by atoms with Gasteiger partial charge in [0.2, 0.25) is 5.91 Å². The van der Waals surface area contributed by atoms with Crippen LogP contribution in [0.15, 0.2) is 30.3 Å². The van der Waals surface area contributed by atoms with Gasteiger partial charge in [0.05, 0.1) is 12.7 Å². The van der Waals surface area contributed by atoms with Crippen molar-refractivity contribution < 1.29 is 35.1 Å². The molecule has 0 aromatic heterocycles. The summed E-state index contributed by atoms with van der Waals surface area (Å²) in [6.07, 6.45) is -6.97.